The SMILES string of the molecule is Cc1noc(-c2cccc(NS(=O)(=O)c3ccc(C(C)(C)C)cc3)c2)n1. The van der Waals surface area contributed by atoms with E-state index in [0.717, 1.165) is 5.56 Å². The van der Waals surface area contributed by atoms with Crippen molar-refractivity contribution in [2.24, 2.45) is 0 Å². The molecule has 0 aliphatic carbocycles. The smallest absolute Gasteiger partial charge is 0.261 e. The summed E-state index contributed by atoms with van der Waals surface area (Å²) >= 11 is 0. The van der Waals surface area contributed by atoms with Crippen LogP contribution in [0.3, 0.4) is 0 Å². The molecule has 1 aromatic heterocycles. The Morgan fingerprint density at radius 2 is 1.73 bits per heavy atom. The molecule has 1 heterocycles. The topological polar surface area (TPSA) is 85.1 Å². The minimum absolute atomic E-state index is 0.0355. The summed E-state index contributed by atoms with van der Waals surface area (Å²) < 4.78 is 33.0. The third-order valence-corrected chi connectivity index (χ3v) is 5.32. The maximum Gasteiger partial charge on any atom is 0.261 e. The average Bonchev–Trinajstić information content (AvgIpc) is 3.01. The Morgan fingerprint density at radius 1 is 1.04 bits per heavy atom. The van der Waals surface area contributed by atoms with E-state index in [1.54, 1.807) is 43.3 Å². The number of hydrogen-bond acceptors (Lipinski definition) is 5. The minimum Gasteiger partial charge on any atom is -0.334 e. The van der Waals surface area contributed by atoms with Crippen LogP contribution in [0.1, 0.15) is 32.2 Å². The quantitative estimate of drug-likeness (QED) is 0.745. The third kappa shape index (κ3) is 3.94. The van der Waals surface area contributed by atoms with Crippen LogP contribution in [0.5, 0.6) is 0 Å². The molecule has 0 saturated heterocycles. The molecule has 136 valence electrons. The number of aryl methyl sites for hydroxylation is 1. The van der Waals surface area contributed by atoms with E-state index in [9.17, 15) is 8.42 Å². The van der Waals surface area contributed by atoms with Crippen LogP contribution in [0.15, 0.2) is 57.9 Å². The van der Waals surface area contributed by atoms with Gasteiger partial charge < -0.3 is 4.52 Å². The highest BCUT2D eigenvalue weighted by Crippen LogP contribution is 2.26. The molecule has 0 radical (unpaired) electrons. The summed E-state index contributed by atoms with van der Waals surface area (Å²) in [5.41, 5.74) is 2.11. The number of nitrogens with one attached hydrogen (secondary N) is 1. The second kappa shape index (κ2) is 6.57. The van der Waals surface area contributed by atoms with Crippen LogP contribution in [-0.4, -0.2) is 18.6 Å². The molecule has 0 saturated carbocycles. The van der Waals surface area contributed by atoms with Crippen LogP contribution in [0.4, 0.5) is 5.69 Å². The van der Waals surface area contributed by atoms with E-state index in [2.05, 4.69) is 35.6 Å². The van der Waals surface area contributed by atoms with E-state index in [-0.39, 0.29) is 10.3 Å². The summed E-state index contributed by atoms with van der Waals surface area (Å²) in [4.78, 5) is 4.37. The Morgan fingerprint density at radius 3 is 2.31 bits per heavy atom. The van der Waals surface area contributed by atoms with Gasteiger partial charge in [-0.25, -0.2) is 8.42 Å². The van der Waals surface area contributed by atoms with Gasteiger partial charge in [-0.3, -0.25) is 4.72 Å². The molecule has 3 aromatic rings. The Balaban J connectivity index is 1.86. The zero-order valence-corrected chi connectivity index (χ0v) is 16.0. The highest BCUT2D eigenvalue weighted by molar-refractivity contribution is 7.92. The van der Waals surface area contributed by atoms with Crippen LogP contribution < -0.4 is 4.72 Å². The fraction of sp³-hybridized carbons (Fsp3) is 0.263. The Kier molecular flexibility index (Phi) is 4.58. The fourth-order valence-electron chi connectivity index (χ4n) is 2.48. The number of sulfonamides is 1. The molecule has 0 unspecified atom stereocenters. The number of aromatic nitrogens is 2. The molecule has 6 nitrogen and oxygen atoms in total. The lowest BCUT2D eigenvalue weighted by Gasteiger charge is -2.19. The highest BCUT2D eigenvalue weighted by Gasteiger charge is 2.18. The largest absolute Gasteiger partial charge is 0.334 e. The second-order valence-corrected chi connectivity index (χ2v) is 8.79. The maximum absolute atomic E-state index is 12.7. The third-order valence-electron chi connectivity index (χ3n) is 3.92. The van der Waals surface area contributed by atoms with E-state index in [1.807, 2.05) is 12.1 Å². The molecule has 0 fully saturated rings. The van der Waals surface area contributed by atoms with Gasteiger partial charge in [-0.15, -0.1) is 0 Å². The predicted molar refractivity (Wildman–Crippen MR) is 100 cm³/mol. The first kappa shape index (κ1) is 18.1. The molecule has 2 aromatic carbocycles. The van der Waals surface area contributed by atoms with Crippen molar-refractivity contribution in [3.05, 3.63) is 59.9 Å². The summed E-state index contributed by atoms with van der Waals surface area (Å²) in [5.74, 6) is 0.864. The molecule has 0 amide bonds. The van der Waals surface area contributed by atoms with Gasteiger partial charge in [-0.2, -0.15) is 4.98 Å². The molecule has 1 N–H and O–H groups in total. The lowest BCUT2D eigenvalue weighted by atomic mass is 9.87. The predicted octanol–water partition coefficient (Wildman–Crippen LogP) is 4.14. The molecule has 26 heavy (non-hydrogen) atoms. The van der Waals surface area contributed by atoms with Gasteiger partial charge in [-0.05, 0) is 48.2 Å². The molecule has 0 aliphatic rings. The number of rotatable bonds is 4. The van der Waals surface area contributed by atoms with E-state index in [0.29, 0.717) is 23.0 Å². The fourth-order valence-corrected chi connectivity index (χ4v) is 3.53. The van der Waals surface area contributed by atoms with Crippen LogP contribution in [0.25, 0.3) is 11.5 Å². The van der Waals surface area contributed by atoms with E-state index in [1.165, 1.54) is 0 Å². The number of nitrogens with zero attached hydrogens (tertiary/aromatic N) is 2. The lowest BCUT2D eigenvalue weighted by Crippen LogP contribution is -2.14. The van der Waals surface area contributed by atoms with Gasteiger partial charge in [0.25, 0.3) is 15.9 Å². The Labute approximate surface area is 153 Å². The summed E-state index contributed by atoms with van der Waals surface area (Å²) in [7, 11) is -3.69. The standard InChI is InChI=1S/C19H21N3O3S/c1-13-20-18(25-21-13)14-6-5-7-16(12-14)22-26(23,24)17-10-8-15(9-11-17)19(2,3)4/h5-12,22H,1-4H3. The summed E-state index contributed by atoms with van der Waals surface area (Å²) in [5, 5.41) is 3.75. The van der Waals surface area contributed by atoms with Gasteiger partial charge in [0, 0.05) is 11.3 Å². The van der Waals surface area contributed by atoms with Gasteiger partial charge in [-0.1, -0.05) is 44.1 Å². The molecule has 0 atom stereocenters. The zero-order chi connectivity index (χ0) is 18.9. The van der Waals surface area contributed by atoms with Crippen LogP contribution in [0.2, 0.25) is 0 Å². The van der Waals surface area contributed by atoms with Gasteiger partial charge in [0.1, 0.15) is 0 Å². The average molecular weight is 371 g/mol. The van der Waals surface area contributed by atoms with Crippen molar-refractivity contribution in [1.82, 2.24) is 10.1 Å². The Bertz CT molecular complexity index is 1020. The monoisotopic (exact) mass is 371 g/mol. The highest BCUT2D eigenvalue weighted by atomic mass is 32.2. The maximum atomic E-state index is 12.7. The van der Waals surface area contributed by atoms with Crippen molar-refractivity contribution in [2.75, 3.05) is 4.72 Å². The summed E-state index contributed by atoms with van der Waals surface area (Å²) in [6.45, 7) is 7.97. The van der Waals surface area contributed by atoms with Gasteiger partial charge in [0.05, 0.1) is 4.90 Å². The molecule has 3 rings (SSSR count). The second-order valence-electron chi connectivity index (χ2n) is 7.11. The zero-order valence-electron chi connectivity index (χ0n) is 15.1. The van der Waals surface area contributed by atoms with Crippen LogP contribution in [-0.2, 0) is 15.4 Å². The lowest BCUT2D eigenvalue weighted by molar-refractivity contribution is 0.425. The number of anilines is 1. The molecule has 7 heteroatoms. The van der Waals surface area contributed by atoms with Crippen molar-refractivity contribution in [3.63, 3.8) is 0 Å². The molecule has 0 spiro atoms. The normalized spacial score (nSPS) is 12.2. The van der Waals surface area contributed by atoms with Gasteiger partial charge in [0.2, 0.25) is 0 Å². The van der Waals surface area contributed by atoms with Crippen molar-refractivity contribution in [3.8, 4) is 11.5 Å². The minimum atomic E-state index is -3.69. The summed E-state index contributed by atoms with van der Waals surface area (Å²) in [6.07, 6.45) is 0. The van der Waals surface area contributed by atoms with E-state index < -0.39 is 10.0 Å². The molecule has 0 aliphatic heterocycles. The first-order valence-electron chi connectivity index (χ1n) is 8.19. The molecule has 0 bridgehead atoms. The summed E-state index contributed by atoms with van der Waals surface area (Å²) in [6, 6.07) is 13.8. The van der Waals surface area contributed by atoms with Crippen molar-refractivity contribution in [2.45, 2.75) is 38.0 Å². The van der Waals surface area contributed by atoms with Crippen molar-refractivity contribution >= 4 is 15.7 Å². The number of hydrogen-bond donors (Lipinski definition) is 1. The van der Waals surface area contributed by atoms with Crippen molar-refractivity contribution in [1.29, 1.82) is 0 Å². The van der Waals surface area contributed by atoms with Crippen LogP contribution >= 0.6 is 0 Å². The van der Waals surface area contributed by atoms with Gasteiger partial charge in [0.15, 0.2) is 5.82 Å². The van der Waals surface area contributed by atoms with E-state index in [4.69, 9.17) is 4.52 Å². The number of benzene rings is 2. The first-order valence-corrected chi connectivity index (χ1v) is 9.67. The van der Waals surface area contributed by atoms with Gasteiger partial charge >= 0.3 is 0 Å². The molecular formula is C19H21N3O3S. The van der Waals surface area contributed by atoms with Crippen molar-refractivity contribution < 1.29 is 12.9 Å². The van der Waals surface area contributed by atoms with E-state index >= 15 is 0 Å². The van der Waals surface area contributed by atoms with Crippen LogP contribution in [0, 0.1) is 6.92 Å². The molecular weight excluding hydrogens is 350 g/mol. The first-order chi connectivity index (χ1) is 12.1. The Hall–Kier alpha value is -2.67.